The van der Waals surface area contributed by atoms with Crippen molar-refractivity contribution in [1.82, 2.24) is 44.9 Å². The van der Waals surface area contributed by atoms with Gasteiger partial charge in [0.1, 0.15) is 53.8 Å². The molecular weight excluding hydrogens is 743 g/mol. The molecule has 0 spiro atoms. The maximum absolute atomic E-state index is 14.1. The molecule has 18 nitrogen and oxygen atoms in total. The molecule has 3 N–H and O–H groups in total. The summed E-state index contributed by atoms with van der Waals surface area (Å²) >= 11 is 1.09. The Hall–Kier alpha value is -4.29. The van der Waals surface area contributed by atoms with E-state index in [0.29, 0.717) is 37.6 Å². The second kappa shape index (κ2) is 16.6. The first-order chi connectivity index (χ1) is 26.1. The van der Waals surface area contributed by atoms with Gasteiger partial charge in [0.2, 0.25) is 5.91 Å². The number of carbonyl (C=O) groups excluding carboxylic acids is 1. The summed E-state index contributed by atoms with van der Waals surface area (Å²) in [6.07, 6.45) is 0.942. The molecule has 1 amide bonds. The largest absolute Gasteiger partial charge is 0.467 e. The summed E-state index contributed by atoms with van der Waals surface area (Å²) in [6.45, 7) is 0.452. The molecule has 22 heteroatoms. The Bertz CT molecular complexity index is 1880. The number of aromatic nitrogens is 8. The summed E-state index contributed by atoms with van der Waals surface area (Å²) in [5.74, 6) is -4.88. The van der Waals surface area contributed by atoms with Crippen LogP contribution in [0.4, 0.5) is 13.2 Å². The van der Waals surface area contributed by atoms with Gasteiger partial charge < -0.3 is 43.9 Å². The van der Waals surface area contributed by atoms with Gasteiger partial charge in [-0.3, -0.25) is 4.79 Å². The fourth-order valence-electron chi connectivity index (χ4n) is 6.38. The van der Waals surface area contributed by atoms with E-state index < -0.39 is 77.9 Å². The van der Waals surface area contributed by atoms with Gasteiger partial charge in [-0.2, -0.15) is 0 Å². The third-order valence-electron chi connectivity index (χ3n) is 9.29. The second-order valence-corrected chi connectivity index (χ2v) is 14.0. The predicted octanol–water partition coefficient (Wildman–Crippen LogP) is 0.0169. The molecule has 3 aliphatic heterocycles. The minimum Gasteiger partial charge on any atom is -0.467 e. The molecule has 0 bridgehead atoms. The highest BCUT2D eigenvalue weighted by molar-refractivity contribution is 8.00. The normalized spacial score (nSPS) is 27.6. The number of aliphatic hydroxyl groups excluding tert-OH is 3. The Balaban J connectivity index is 1.15. The number of halogens is 3. The summed E-state index contributed by atoms with van der Waals surface area (Å²) in [6, 6.07) is -0.209. The van der Waals surface area contributed by atoms with E-state index in [9.17, 15) is 33.3 Å². The predicted molar refractivity (Wildman–Crippen MR) is 178 cm³/mol. The number of carbonyl (C=O) groups is 1. The molecule has 290 valence electrons. The van der Waals surface area contributed by atoms with E-state index in [1.165, 1.54) is 35.1 Å². The van der Waals surface area contributed by atoms with Gasteiger partial charge in [-0.25, -0.2) is 32.5 Å². The van der Waals surface area contributed by atoms with Crippen LogP contribution in [0.2, 0.25) is 0 Å². The zero-order valence-corrected chi connectivity index (χ0v) is 29.4. The average molecular weight is 780 g/mol. The molecule has 0 saturated carbocycles. The molecule has 0 radical (unpaired) electrons. The van der Waals surface area contributed by atoms with Crippen molar-refractivity contribution >= 4 is 17.7 Å². The number of amides is 1. The molecule has 1 aromatic carbocycles. The van der Waals surface area contributed by atoms with Crippen LogP contribution in [0.15, 0.2) is 36.9 Å². The van der Waals surface area contributed by atoms with Gasteiger partial charge in [-0.05, 0) is 12.1 Å². The van der Waals surface area contributed by atoms with Crippen LogP contribution < -0.4 is 4.74 Å². The molecule has 6 heterocycles. The summed E-state index contributed by atoms with van der Waals surface area (Å²) in [4.78, 5) is 23.0. The quantitative estimate of drug-likeness (QED) is 0.171. The van der Waals surface area contributed by atoms with E-state index in [4.69, 9.17) is 23.7 Å². The summed E-state index contributed by atoms with van der Waals surface area (Å²) in [5.41, 5.74) is -0.257. The number of hydrogen-bond donors (Lipinski definition) is 3. The lowest BCUT2D eigenvalue weighted by Crippen LogP contribution is -2.57. The van der Waals surface area contributed by atoms with Gasteiger partial charge in [0.05, 0.1) is 63.9 Å². The van der Waals surface area contributed by atoms with Gasteiger partial charge >= 0.3 is 6.01 Å². The summed E-state index contributed by atoms with van der Waals surface area (Å²) in [7, 11) is 1.45. The van der Waals surface area contributed by atoms with E-state index in [1.807, 2.05) is 0 Å². The highest BCUT2D eigenvalue weighted by Crippen LogP contribution is 2.41. The van der Waals surface area contributed by atoms with Crippen LogP contribution in [0.3, 0.4) is 0 Å². The van der Waals surface area contributed by atoms with Crippen LogP contribution in [0.5, 0.6) is 6.01 Å². The molecule has 3 fully saturated rings. The lowest BCUT2D eigenvalue weighted by Gasteiger charge is -2.45. The third kappa shape index (κ3) is 7.91. The lowest BCUT2D eigenvalue weighted by atomic mass is 9.97. The molecule has 4 aromatic rings. The van der Waals surface area contributed by atoms with Crippen molar-refractivity contribution < 1.29 is 57.0 Å². The van der Waals surface area contributed by atoms with Crippen molar-refractivity contribution in [2.75, 3.05) is 59.8 Å². The van der Waals surface area contributed by atoms with Crippen molar-refractivity contribution in [3.63, 3.8) is 0 Å². The van der Waals surface area contributed by atoms with Crippen molar-refractivity contribution in [2.45, 2.75) is 47.2 Å². The minimum absolute atomic E-state index is 0.0572. The molecule has 0 aliphatic carbocycles. The molecule has 7 rings (SSSR count). The van der Waals surface area contributed by atoms with Crippen LogP contribution in [0.1, 0.15) is 12.1 Å². The SMILES string of the molecule is COc1ncc(-c2cn(C3COCC(SC4OC(CO)C(O)C(n5cc(-c6cc(F)c(F)c(F)c6)nn5)C4OCC(=O)N4CCOCC4)C3O)nn2)cn1. The van der Waals surface area contributed by atoms with Crippen LogP contribution in [-0.4, -0.2) is 161 Å². The van der Waals surface area contributed by atoms with E-state index in [0.717, 1.165) is 23.9 Å². The van der Waals surface area contributed by atoms with Crippen molar-refractivity contribution in [3.05, 3.63) is 54.4 Å². The zero-order valence-electron chi connectivity index (χ0n) is 28.6. The number of methoxy groups -OCH3 is 1. The highest BCUT2D eigenvalue weighted by Gasteiger charge is 2.50. The van der Waals surface area contributed by atoms with Crippen LogP contribution in [0, 0.1) is 17.5 Å². The first kappa shape index (κ1) is 38.0. The van der Waals surface area contributed by atoms with Crippen molar-refractivity contribution in [3.8, 4) is 28.5 Å². The smallest absolute Gasteiger partial charge is 0.316 e. The standard InChI is InChI=1S/C32H36F3N9O9S/c1-49-32-36-8-17(9-37-32)21-10-43(40-39-21)22-13-51-14-24(28(22)47)54-31-30(52-15-25(46)42-2-4-50-5-3-42)27(29(48)23(12-45)53-31)44-11-20(38-41-44)16-6-18(33)26(35)19(34)7-16/h6-11,22-24,27-31,45,47-48H,2-5,12-15H2,1H3. The number of benzene rings is 1. The van der Waals surface area contributed by atoms with Gasteiger partial charge in [0.15, 0.2) is 17.5 Å². The van der Waals surface area contributed by atoms with E-state index in [1.54, 1.807) is 11.1 Å². The molecule has 3 saturated heterocycles. The number of rotatable bonds is 11. The monoisotopic (exact) mass is 779 g/mol. The van der Waals surface area contributed by atoms with Gasteiger partial charge in [-0.1, -0.05) is 10.4 Å². The van der Waals surface area contributed by atoms with E-state index in [-0.39, 0.29) is 36.4 Å². The first-order valence-corrected chi connectivity index (χ1v) is 17.8. The van der Waals surface area contributed by atoms with Gasteiger partial charge in [0.25, 0.3) is 0 Å². The second-order valence-electron chi connectivity index (χ2n) is 12.6. The van der Waals surface area contributed by atoms with Crippen LogP contribution >= 0.6 is 11.8 Å². The van der Waals surface area contributed by atoms with Crippen LogP contribution in [0.25, 0.3) is 22.5 Å². The minimum atomic E-state index is -1.65. The molecule has 8 unspecified atom stereocenters. The highest BCUT2D eigenvalue weighted by atomic mass is 32.2. The Labute approximate surface area is 309 Å². The van der Waals surface area contributed by atoms with Crippen molar-refractivity contribution in [1.29, 1.82) is 0 Å². The Kier molecular flexibility index (Phi) is 11.7. The summed E-state index contributed by atoms with van der Waals surface area (Å²) in [5, 5.41) is 49.2. The molecular formula is C32H36F3N9O9S. The summed E-state index contributed by atoms with van der Waals surface area (Å²) < 4.78 is 73.2. The molecule has 3 aliphatic rings. The van der Waals surface area contributed by atoms with Crippen LogP contribution in [-0.2, 0) is 23.7 Å². The fourth-order valence-corrected chi connectivity index (χ4v) is 7.84. The van der Waals surface area contributed by atoms with Gasteiger partial charge in [-0.15, -0.1) is 22.0 Å². The lowest BCUT2D eigenvalue weighted by molar-refractivity contribution is -0.196. The van der Waals surface area contributed by atoms with E-state index >= 15 is 0 Å². The average Bonchev–Trinajstić information content (AvgIpc) is 3.89. The van der Waals surface area contributed by atoms with Crippen molar-refractivity contribution in [2.24, 2.45) is 0 Å². The maximum Gasteiger partial charge on any atom is 0.316 e. The number of aliphatic hydroxyl groups is 3. The zero-order chi connectivity index (χ0) is 37.9. The Morgan fingerprint density at radius 2 is 1.61 bits per heavy atom. The Morgan fingerprint density at radius 1 is 0.944 bits per heavy atom. The number of hydrogen-bond acceptors (Lipinski definition) is 16. The first-order valence-electron chi connectivity index (χ1n) is 16.8. The number of morpholine rings is 1. The van der Waals surface area contributed by atoms with E-state index in [2.05, 4.69) is 30.6 Å². The molecule has 8 atom stereocenters. The fraction of sp³-hybridized carbons (Fsp3) is 0.531. The molecule has 54 heavy (non-hydrogen) atoms. The number of ether oxygens (including phenoxy) is 5. The van der Waals surface area contributed by atoms with Gasteiger partial charge in [0, 0.05) is 36.6 Å². The topological polar surface area (TPSA) is 214 Å². The third-order valence-corrected chi connectivity index (χ3v) is 10.7. The number of thioether (sulfide) groups is 1. The number of nitrogens with zero attached hydrogens (tertiary/aromatic N) is 9. The maximum atomic E-state index is 14.1. The molecule has 3 aromatic heterocycles. The Morgan fingerprint density at radius 3 is 2.30 bits per heavy atom.